The first-order valence-electron chi connectivity index (χ1n) is 8.86. The topological polar surface area (TPSA) is 62.6 Å². The summed E-state index contributed by atoms with van der Waals surface area (Å²) in [6, 6.07) is 11.1. The number of imidazole rings is 1. The van der Waals surface area contributed by atoms with Gasteiger partial charge in [0.15, 0.2) is 16.7 Å². The number of ether oxygens (including phenoxy) is 3. The molecule has 0 spiro atoms. The number of para-hydroxylation sites is 2. The van der Waals surface area contributed by atoms with Crippen LogP contribution in [0.5, 0.6) is 17.2 Å². The first-order valence-corrected chi connectivity index (χ1v) is 9.85. The Kier molecular flexibility index (Phi) is 6.61. The SMILES string of the molecule is C=CCSc1nc2ccccc2n1C(=O)C=Cc1cc(OC)c(OC)c(OC)c1. The van der Waals surface area contributed by atoms with Gasteiger partial charge in [0.05, 0.1) is 32.4 Å². The molecule has 0 atom stereocenters. The molecule has 0 saturated heterocycles. The molecule has 0 aliphatic heterocycles. The van der Waals surface area contributed by atoms with Crippen molar-refractivity contribution in [1.82, 2.24) is 9.55 Å². The number of aromatic nitrogens is 2. The molecule has 0 bridgehead atoms. The van der Waals surface area contributed by atoms with Crippen LogP contribution < -0.4 is 14.2 Å². The summed E-state index contributed by atoms with van der Waals surface area (Å²) in [5.41, 5.74) is 2.28. The van der Waals surface area contributed by atoms with E-state index in [4.69, 9.17) is 14.2 Å². The van der Waals surface area contributed by atoms with Gasteiger partial charge in [0.25, 0.3) is 5.91 Å². The molecule has 0 radical (unpaired) electrons. The van der Waals surface area contributed by atoms with Gasteiger partial charge in [-0.05, 0) is 35.9 Å². The minimum atomic E-state index is -0.195. The molecule has 0 aliphatic rings. The second kappa shape index (κ2) is 9.34. The van der Waals surface area contributed by atoms with Crippen LogP contribution in [-0.2, 0) is 0 Å². The highest BCUT2D eigenvalue weighted by Gasteiger charge is 2.16. The van der Waals surface area contributed by atoms with Crippen LogP contribution in [0.2, 0.25) is 0 Å². The number of methoxy groups -OCH3 is 3. The first-order chi connectivity index (χ1) is 14.1. The Labute approximate surface area is 173 Å². The van der Waals surface area contributed by atoms with Gasteiger partial charge in [0.2, 0.25) is 5.75 Å². The minimum absolute atomic E-state index is 0.195. The molecule has 29 heavy (non-hydrogen) atoms. The first kappa shape index (κ1) is 20.5. The maximum atomic E-state index is 13.0. The molecule has 0 unspecified atom stereocenters. The number of carbonyl (C=O) groups excluding carboxylic acids is 1. The van der Waals surface area contributed by atoms with Crippen LogP contribution in [0.25, 0.3) is 17.1 Å². The van der Waals surface area contributed by atoms with Gasteiger partial charge in [-0.25, -0.2) is 4.98 Å². The molecule has 6 nitrogen and oxygen atoms in total. The van der Waals surface area contributed by atoms with E-state index in [2.05, 4.69) is 11.6 Å². The Bertz CT molecular complexity index is 1050. The molecule has 1 aromatic heterocycles. The van der Waals surface area contributed by atoms with Crippen molar-refractivity contribution in [3.05, 3.63) is 60.7 Å². The van der Waals surface area contributed by atoms with Gasteiger partial charge < -0.3 is 14.2 Å². The molecule has 0 N–H and O–H groups in total. The highest BCUT2D eigenvalue weighted by Crippen LogP contribution is 2.38. The molecule has 1 heterocycles. The lowest BCUT2D eigenvalue weighted by atomic mass is 10.1. The molecule has 7 heteroatoms. The lowest BCUT2D eigenvalue weighted by Gasteiger charge is -2.12. The van der Waals surface area contributed by atoms with E-state index in [0.29, 0.717) is 28.2 Å². The largest absolute Gasteiger partial charge is 0.493 e. The number of thioether (sulfide) groups is 1. The van der Waals surface area contributed by atoms with Crippen LogP contribution >= 0.6 is 11.8 Å². The van der Waals surface area contributed by atoms with Crippen LogP contribution in [0.1, 0.15) is 10.4 Å². The maximum Gasteiger partial charge on any atom is 0.257 e. The van der Waals surface area contributed by atoms with Crippen molar-refractivity contribution >= 4 is 34.8 Å². The minimum Gasteiger partial charge on any atom is -0.493 e. The van der Waals surface area contributed by atoms with Crippen molar-refractivity contribution in [2.24, 2.45) is 0 Å². The predicted molar refractivity (Wildman–Crippen MR) is 116 cm³/mol. The van der Waals surface area contributed by atoms with E-state index < -0.39 is 0 Å². The lowest BCUT2D eigenvalue weighted by Crippen LogP contribution is -2.08. The van der Waals surface area contributed by atoms with Crippen molar-refractivity contribution in [2.75, 3.05) is 27.1 Å². The number of hydrogen-bond donors (Lipinski definition) is 0. The van der Waals surface area contributed by atoms with E-state index in [-0.39, 0.29) is 5.91 Å². The molecule has 0 aliphatic carbocycles. The second-order valence-corrected chi connectivity index (χ2v) is 6.94. The highest BCUT2D eigenvalue weighted by atomic mass is 32.2. The van der Waals surface area contributed by atoms with Gasteiger partial charge in [-0.1, -0.05) is 30.0 Å². The Morgan fingerprint density at radius 3 is 2.45 bits per heavy atom. The number of hydrogen-bond acceptors (Lipinski definition) is 6. The molecule has 0 saturated carbocycles. The third kappa shape index (κ3) is 4.30. The normalized spacial score (nSPS) is 11.0. The molecule has 0 fully saturated rings. The number of allylic oxidation sites excluding steroid dienone is 1. The van der Waals surface area contributed by atoms with Crippen molar-refractivity contribution < 1.29 is 19.0 Å². The van der Waals surface area contributed by atoms with Crippen molar-refractivity contribution in [3.8, 4) is 17.2 Å². The summed E-state index contributed by atoms with van der Waals surface area (Å²) in [5, 5.41) is 0.630. The Morgan fingerprint density at radius 2 is 1.83 bits per heavy atom. The summed E-state index contributed by atoms with van der Waals surface area (Å²) in [4.78, 5) is 17.6. The van der Waals surface area contributed by atoms with Crippen LogP contribution in [0.4, 0.5) is 0 Å². The van der Waals surface area contributed by atoms with Crippen LogP contribution in [0.15, 0.2) is 60.3 Å². The van der Waals surface area contributed by atoms with Gasteiger partial charge in [0, 0.05) is 11.8 Å². The zero-order valence-electron chi connectivity index (χ0n) is 16.5. The Morgan fingerprint density at radius 1 is 1.14 bits per heavy atom. The molecule has 150 valence electrons. The fourth-order valence-electron chi connectivity index (χ4n) is 2.89. The molecule has 3 aromatic rings. The summed E-state index contributed by atoms with van der Waals surface area (Å²) in [5.74, 6) is 2.01. The van der Waals surface area contributed by atoms with Crippen molar-refractivity contribution in [1.29, 1.82) is 0 Å². The third-order valence-corrected chi connectivity index (χ3v) is 5.12. The highest BCUT2D eigenvalue weighted by molar-refractivity contribution is 7.99. The summed E-state index contributed by atoms with van der Waals surface area (Å²) in [7, 11) is 4.65. The monoisotopic (exact) mass is 410 g/mol. The third-order valence-electron chi connectivity index (χ3n) is 4.19. The average Bonchev–Trinajstić information content (AvgIpc) is 3.13. The van der Waals surface area contributed by atoms with Gasteiger partial charge in [-0.2, -0.15) is 0 Å². The van der Waals surface area contributed by atoms with Crippen molar-refractivity contribution in [2.45, 2.75) is 5.16 Å². The van der Waals surface area contributed by atoms with Crippen molar-refractivity contribution in [3.63, 3.8) is 0 Å². The number of benzene rings is 2. The zero-order valence-corrected chi connectivity index (χ0v) is 17.4. The van der Waals surface area contributed by atoms with Gasteiger partial charge in [-0.15, -0.1) is 6.58 Å². The number of rotatable bonds is 8. The smallest absolute Gasteiger partial charge is 0.257 e. The zero-order chi connectivity index (χ0) is 20.8. The quantitative estimate of drug-likeness (QED) is 0.305. The van der Waals surface area contributed by atoms with Gasteiger partial charge in [0.1, 0.15) is 0 Å². The van der Waals surface area contributed by atoms with Crippen LogP contribution in [0, 0.1) is 0 Å². The van der Waals surface area contributed by atoms with E-state index in [1.165, 1.54) is 17.8 Å². The fourth-order valence-corrected chi connectivity index (χ4v) is 3.63. The second-order valence-electron chi connectivity index (χ2n) is 5.95. The molecule has 2 aromatic carbocycles. The molecule has 0 amide bonds. The number of carbonyl (C=O) groups is 1. The molecular formula is C22H22N2O4S. The lowest BCUT2D eigenvalue weighted by molar-refractivity contribution is 0.0965. The van der Waals surface area contributed by atoms with Gasteiger partial charge >= 0.3 is 0 Å². The van der Waals surface area contributed by atoms with E-state index in [0.717, 1.165) is 16.6 Å². The van der Waals surface area contributed by atoms with E-state index in [9.17, 15) is 4.79 Å². The predicted octanol–water partition coefficient (Wildman–Crippen LogP) is 4.69. The molecule has 3 rings (SSSR count). The van der Waals surface area contributed by atoms with Crippen LogP contribution in [-0.4, -0.2) is 42.5 Å². The van der Waals surface area contributed by atoms with Crippen LogP contribution in [0.3, 0.4) is 0 Å². The van der Waals surface area contributed by atoms with E-state index in [1.54, 1.807) is 50.2 Å². The Balaban J connectivity index is 1.98. The average molecular weight is 410 g/mol. The van der Waals surface area contributed by atoms with E-state index >= 15 is 0 Å². The molecular weight excluding hydrogens is 388 g/mol. The number of nitrogens with zero attached hydrogens (tertiary/aromatic N) is 2. The Hall–Kier alpha value is -3.19. The van der Waals surface area contributed by atoms with Gasteiger partial charge in [-0.3, -0.25) is 9.36 Å². The number of fused-ring (bicyclic) bond motifs is 1. The summed E-state index contributed by atoms with van der Waals surface area (Å²) in [6.45, 7) is 3.74. The summed E-state index contributed by atoms with van der Waals surface area (Å²) < 4.78 is 17.7. The maximum absolute atomic E-state index is 13.0. The summed E-state index contributed by atoms with van der Waals surface area (Å²) >= 11 is 1.46. The summed E-state index contributed by atoms with van der Waals surface area (Å²) in [6.07, 6.45) is 5.00. The fraction of sp³-hybridized carbons (Fsp3) is 0.182. The van der Waals surface area contributed by atoms with E-state index in [1.807, 2.05) is 24.3 Å². The standard InChI is InChI=1S/C22H22N2O4S/c1-5-12-29-22-23-16-8-6-7-9-17(16)24(22)20(25)11-10-15-13-18(26-2)21(28-4)19(14-15)27-3/h5-11,13-14H,1,12H2,2-4H3.